The molecule has 0 N–H and O–H groups in total. The third kappa shape index (κ3) is 3.29. The lowest BCUT2D eigenvalue weighted by Gasteiger charge is -2.32. The second-order valence-electron chi connectivity index (χ2n) is 6.87. The van der Waals surface area contributed by atoms with Crippen molar-refractivity contribution in [2.75, 3.05) is 13.1 Å². The fraction of sp³-hybridized carbons (Fsp3) is 0.632. The van der Waals surface area contributed by atoms with E-state index in [1.165, 1.54) is 24.0 Å². The highest BCUT2D eigenvalue weighted by Gasteiger charge is 2.26. The quantitative estimate of drug-likeness (QED) is 0.854. The number of benzene rings is 1. The number of hydrogen-bond donors (Lipinski definition) is 0. The third-order valence-corrected chi connectivity index (χ3v) is 5.10. The van der Waals surface area contributed by atoms with Gasteiger partial charge in [0, 0.05) is 13.1 Å². The maximum Gasteiger partial charge on any atom is 0.263 e. The Bertz CT molecular complexity index is 532. The summed E-state index contributed by atoms with van der Waals surface area (Å²) in [6, 6.07) is 6.27. The van der Waals surface area contributed by atoms with Crippen molar-refractivity contribution in [3.8, 4) is 5.75 Å². The van der Waals surface area contributed by atoms with Gasteiger partial charge in [-0.3, -0.25) is 4.79 Å². The van der Waals surface area contributed by atoms with Gasteiger partial charge in [-0.1, -0.05) is 19.1 Å². The number of rotatable bonds is 3. The average molecular weight is 301 g/mol. The molecule has 1 aliphatic heterocycles. The molecule has 1 aromatic carbocycles. The molecule has 1 fully saturated rings. The topological polar surface area (TPSA) is 29.5 Å². The highest BCUT2D eigenvalue weighted by Crippen LogP contribution is 2.30. The van der Waals surface area contributed by atoms with E-state index < -0.39 is 0 Å². The molecule has 1 atom stereocenters. The maximum atomic E-state index is 12.6. The van der Waals surface area contributed by atoms with E-state index in [4.69, 9.17) is 4.74 Å². The first-order valence-electron chi connectivity index (χ1n) is 8.71. The summed E-state index contributed by atoms with van der Waals surface area (Å²) in [4.78, 5) is 14.6. The Balaban J connectivity index is 1.66. The zero-order chi connectivity index (χ0) is 15.5. The molecule has 1 aliphatic carbocycles. The molecule has 3 rings (SSSR count). The van der Waals surface area contributed by atoms with Crippen LogP contribution in [-0.2, 0) is 17.6 Å². The van der Waals surface area contributed by atoms with Crippen LogP contribution >= 0.6 is 0 Å². The lowest BCUT2D eigenvalue weighted by molar-refractivity contribution is -0.139. The van der Waals surface area contributed by atoms with Crippen LogP contribution in [0.5, 0.6) is 5.75 Å². The first-order chi connectivity index (χ1) is 10.6. The second-order valence-corrected chi connectivity index (χ2v) is 6.87. The van der Waals surface area contributed by atoms with Crippen LogP contribution in [0.2, 0.25) is 0 Å². The molecule has 3 nitrogen and oxygen atoms in total. The van der Waals surface area contributed by atoms with E-state index in [2.05, 4.69) is 19.1 Å². The van der Waals surface area contributed by atoms with Gasteiger partial charge in [-0.25, -0.2) is 0 Å². The Morgan fingerprint density at radius 2 is 1.95 bits per heavy atom. The molecule has 0 unspecified atom stereocenters. The average Bonchev–Trinajstić information content (AvgIpc) is 2.55. The molecule has 0 saturated carbocycles. The Hall–Kier alpha value is -1.51. The number of carbonyl (C=O) groups excluding carboxylic acids is 1. The number of likely N-dealkylation sites (tertiary alicyclic amines) is 1. The lowest BCUT2D eigenvalue weighted by Crippen LogP contribution is -2.44. The van der Waals surface area contributed by atoms with Crippen molar-refractivity contribution in [3.05, 3.63) is 29.3 Å². The second kappa shape index (κ2) is 6.72. The number of aryl methyl sites for hydroxylation is 1. The molecular formula is C19H27NO2. The minimum atomic E-state index is -0.387. The van der Waals surface area contributed by atoms with Gasteiger partial charge in [0.05, 0.1) is 0 Å². The van der Waals surface area contributed by atoms with Crippen LogP contribution in [-0.4, -0.2) is 30.0 Å². The number of piperidine rings is 1. The minimum absolute atomic E-state index is 0.139. The molecule has 0 spiro atoms. The summed E-state index contributed by atoms with van der Waals surface area (Å²) in [5.41, 5.74) is 2.72. The van der Waals surface area contributed by atoms with Gasteiger partial charge in [0.2, 0.25) is 0 Å². The first kappa shape index (κ1) is 15.4. The van der Waals surface area contributed by atoms with Crippen molar-refractivity contribution in [1.82, 2.24) is 4.90 Å². The van der Waals surface area contributed by atoms with Gasteiger partial charge in [-0.15, -0.1) is 0 Å². The zero-order valence-corrected chi connectivity index (χ0v) is 13.8. The van der Waals surface area contributed by atoms with Crippen molar-refractivity contribution in [3.63, 3.8) is 0 Å². The number of carbonyl (C=O) groups is 1. The minimum Gasteiger partial charge on any atom is -0.481 e. The Morgan fingerprint density at radius 3 is 2.73 bits per heavy atom. The van der Waals surface area contributed by atoms with E-state index in [0.717, 1.165) is 50.4 Å². The molecule has 2 aliphatic rings. The Kier molecular flexibility index (Phi) is 4.70. The van der Waals surface area contributed by atoms with Crippen LogP contribution in [0.25, 0.3) is 0 Å². The summed E-state index contributed by atoms with van der Waals surface area (Å²) in [5.74, 6) is 1.80. The molecular weight excluding hydrogens is 274 g/mol. The molecule has 1 amide bonds. The van der Waals surface area contributed by atoms with Crippen LogP contribution in [0, 0.1) is 5.92 Å². The summed E-state index contributed by atoms with van der Waals surface area (Å²) >= 11 is 0. The number of ether oxygens (including phenoxy) is 1. The van der Waals surface area contributed by atoms with Gasteiger partial charge in [-0.05, 0) is 68.6 Å². The predicted molar refractivity (Wildman–Crippen MR) is 88.2 cm³/mol. The van der Waals surface area contributed by atoms with Gasteiger partial charge in [0.15, 0.2) is 6.10 Å². The molecule has 1 heterocycles. The van der Waals surface area contributed by atoms with E-state index in [-0.39, 0.29) is 12.0 Å². The van der Waals surface area contributed by atoms with Gasteiger partial charge < -0.3 is 9.64 Å². The van der Waals surface area contributed by atoms with Crippen molar-refractivity contribution in [2.45, 2.75) is 58.5 Å². The van der Waals surface area contributed by atoms with Crippen LogP contribution in [0.15, 0.2) is 18.2 Å². The number of fused-ring (bicyclic) bond motifs is 1. The van der Waals surface area contributed by atoms with Gasteiger partial charge in [0.1, 0.15) is 5.75 Å². The smallest absolute Gasteiger partial charge is 0.263 e. The Labute approximate surface area is 133 Å². The largest absolute Gasteiger partial charge is 0.481 e. The van der Waals surface area contributed by atoms with Gasteiger partial charge in [0.25, 0.3) is 5.91 Å². The van der Waals surface area contributed by atoms with Crippen molar-refractivity contribution < 1.29 is 9.53 Å². The molecule has 3 heteroatoms. The molecule has 120 valence electrons. The molecule has 22 heavy (non-hydrogen) atoms. The highest BCUT2D eigenvalue weighted by atomic mass is 16.5. The fourth-order valence-corrected chi connectivity index (χ4v) is 3.58. The zero-order valence-electron chi connectivity index (χ0n) is 13.8. The van der Waals surface area contributed by atoms with Gasteiger partial charge >= 0.3 is 0 Å². The molecule has 0 bridgehead atoms. The third-order valence-electron chi connectivity index (χ3n) is 5.10. The van der Waals surface area contributed by atoms with Crippen LogP contribution < -0.4 is 4.74 Å². The number of nitrogens with zero attached hydrogens (tertiary/aromatic N) is 1. The predicted octanol–water partition coefficient (Wildman–Crippen LogP) is 3.59. The maximum absolute atomic E-state index is 12.6. The van der Waals surface area contributed by atoms with E-state index >= 15 is 0 Å². The van der Waals surface area contributed by atoms with E-state index in [1.54, 1.807) is 0 Å². The van der Waals surface area contributed by atoms with Gasteiger partial charge in [-0.2, -0.15) is 0 Å². The van der Waals surface area contributed by atoms with Crippen molar-refractivity contribution in [2.24, 2.45) is 5.92 Å². The van der Waals surface area contributed by atoms with Crippen LogP contribution in [0.3, 0.4) is 0 Å². The summed E-state index contributed by atoms with van der Waals surface area (Å²) in [5, 5.41) is 0. The van der Waals surface area contributed by atoms with Crippen LogP contribution in [0.1, 0.15) is 50.7 Å². The molecule has 0 aromatic heterocycles. The standard InChI is InChI=1S/C19H27NO2/c1-14-10-12-20(13-11-14)19(21)15(2)22-18-9-5-7-16-6-3-4-8-17(16)18/h5,7,9,14-15H,3-4,6,8,10-13H2,1-2H3/t15-/m1/s1. The lowest BCUT2D eigenvalue weighted by atomic mass is 9.91. The molecule has 1 aromatic rings. The SMILES string of the molecule is CC1CCN(C(=O)[C@@H](C)Oc2cccc3c2CCCC3)CC1. The number of amides is 1. The summed E-state index contributed by atoms with van der Waals surface area (Å²) in [6.45, 7) is 5.90. The van der Waals surface area contributed by atoms with Crippen LogP contribution in [0.4, 0.5) is 0 Å². The van der Waals surface area contributed by atoms with Crippen molar-refractivity contribution in [1.29, 1.82) is 0 Å². The molecule has 1 saturated heterocycles. The first-order valence-corrected chi connectivity index (χ1v) is 8.71. The molecule has 0 radical (unpaired) electrons. The van der Waals surface area contributed by atoms with E-state index in [9.17, 15) is 4.79 Å². The summed E-state index contributed by atoms with van der Waals surface area (Å²) < 4.78 is 6.06. The highest BCUT2D eigenvalue weighted by molar-refractivity contribution is 5.81. The van der Waals surface area contributed by atoms with Crippen molar-refractivity contribution >= 4 is 5.91 Å². The fourth-order valence-electron chi connectivity index (χ4n) is 3.58. The number of hydrogen-bond acceptors (Lipinski definition) is 2. The normalized spacial score (nSPS) is 20.4. The summed E-state index contributed by atoms with van der Waals surface area (Å²) in [6.07, 6.45) is 6.53. The monoisotopic (exact) mass is 301 g/mol. The van der Waals surface area contributed by atoms with E-state index in [0.29, 0.717) is 0 Å². The summed E-state index contributed by atoms with van der Waals surface area (Å²) in [7, 11) is 0. The van der Waals surface area contributed by atoms with E-state index in [1.807, 2.05) is 17.9 Å². The Morgan fingerprint density at radius 1 is 1.23 bits per heavy atom.